The molecule has 1 aliphatic carbocycles. The maximum atomic E-state index is 16.0. The van der Waals surface area contributed by atoms with Gasteiger partial charge in [-0.3, -0.25) is 9.18 Å². The summed E-state index contributed by atoms with van der Waals surface area (Å²) >= 11 is 0. The number of epoxide rings is 1. The van der Waals surface area contributed by atoms with Gasteiger partial charge in [0.25, 0.3) is 0 Å². The van der Waals surface area contributed by atoms with Gasteiger partial charge in [-0.15, -0.1) is 0 Å². The summed E-state index contributed by atoms with van der Waals surface area (Å²) in [6.07, 6.45) is 1.32. The van der Waals surface area contributed by atoms with Gasteiger partial charge >= 0.3 is 6.09 Å². The first-order chi connectivity index (χ1) is 23.2. The van der Waals surface area contributed by atoms with Crippen molar-refractivity contribution in [3.63, 3.8) is 0 Å². The van der Waals surface area contributed by atoms with Crippen molar-refractivity contribution in [1.82, 2.24) is 20.2 Å². The topological polar surface area (TPSA) is 141 Å². The third-order valence-corrected chi connectivity index (χ3v) is 9.48. The largest absolute Gasteiger partial charge is 0.497 e. The Hall–Kier alpha value is -3.32. The molecule has 3 N–H and O–H groups in total. The molecule has 4 aliphatic rings. The Morgan fingerprint density at radius 3 is 2.44 bits per heavy atom. The fourth-order valence-corrected chi connectivity index (χ4v) is 6.90. The molecule has 6 rings (SSSR count). The fourth-order valence-electron chi connectivity index (χ4n) is 6.90. The molecule has 1 aromatic carbocycles. The lowest BCUT2D eigenvalue weighted by molar-refractivity contribution is -0.136. The Morgan fingerprint density at radius 2 is 1.79 bits per heavy atom. The molecule has 4 heterocycles. The van der Waals surface area contributed by atoms with Crippen LogP contribution in [0.2, 0.25) is 0 Å². The monoisotopic (exact) mass is 677 g/mol. The number of carbonyl (C=O) groups excluding carboxylic acids is 2. The summed E-state index contributed by atoms with van der Waals surface area (Å²) in [6.45, 7) is 10.1. The van der Waals surface area contributed by atoms with Crippen molar-refractivity contribution >= 4 is 23.0 Å². The molecule has 2 bridgehead atoms. The van der Waals surface area contributed by atoms with Gasteiger partial charge in [0.1, 0.15) is 48.2 Å². The number of fused-ring (bicyclic) bond motifs is 5. The normalized spacial score (nSPS) is 31.6. The van der Waals surface area contributed by atoms with Crippen molar-refractivity contribution in [3.8, 4) is 11.6 Å². The number of nitrogens with zero attached hydrogens (tertiary/aromatic N) is 3. The van der Waals surface area contributed by atoms with Crippen molar-refractivity contribution < 1.29 is 37.3 Å². The molecule has 0 radical (unpaired) electrons. The number of carbonyl (C=O) groups is 2. The highest BCUT2D eigenvalue weighted by molar-refractivity contribution is 5.86. The highest BCUT2D eigenvalue weighted by atomic mass is 19.1. The smallest absolute Gasteiger partial charge is 0.408 e. The molecule has 9 atom stereocenters. The van der Waals surface area contributed by atoms with Crippen LogP contribution in [0.25, 0.3) is 11.0 Å². The molecule has 1 saturated carbocycles. The third kappa shape index (κ3) is 8.45. The number of alkyl carbamates (subject to hydrolysis) is 1. The van der Waals surface area contributed by atoms with Crippen molar-refractivity contribution in [2.75, 3.05) is 20.8 Å². The Kier molecular flexibility index (Phi) is 13.2. The molecule has 1 aromatic heterocycles. The summed E-state index contributed by atoms with van der Waals surface area (Å²) in [5.41, 5.74) is 7.42. The lowest BCUT2D eigenvalue weighted by atomic mass is 9.90. The van der Waals surface area contributed by atoms with E-state index in [2.05, 4.69) is 12.2 Å². The first kappa shape index (κ1) is 37.5. The van der Waals surface area contributed by atoms with Crippen LogP contribution in [0.4, 0.5) is 13.6 Å². The van der Waals surface area contributed by atoms with E-state index in [1.54, 1.807) is 30.2 Å². The number of hydrogen-bond donors (Lipinski definition) is 2. The second-order valence-corrected chi connectivity index (χ2v) is 13.0. The van der Waals surface area contributed by atoms with Crippen molar-refractivity contribution in [3.05, 3.63) is 23.9 Å². The average molecular weight is 678 g/mol. The summed E-state index contributed by atoms with van der Waals surface area (Å²) < 4.78 is 49.0. The Morgan fingerprint density at radius 1 is 1.08 bits per heavy atom. The minimum absolute atomic E-state index is 0.129. The van der Waals surface area contributed by atoms with E-state index in [0.29, 0.717) is 30.4 Å². The molecular formula is C35H53F2N5O6. The minimum Gasteiger partial charge on any atom is -0.497 e. The van der Waals surface area contributed by atoms with E-state index in [-0.39, 0.29) is 66.5 Å². The van der Waals surface area contributed by atoms with Gasteiger partial charge in [-0.05, 0) is 49.7 Å². The number of amides is 2. The standard InChI is InChI=1S/C32H44FN5O6.C2H6.CH3F/c1-5-8-19-24-15-38(27(19)28-29(34)44-28)31(39)25(16(2)3)37-32(40)43-23-13-17(23)9-6-7-10-20(33)26-30(42-24)36-22-14-18(41-4)11-12-21(22)35-26;2*1-2/h11-12,14,16-17,19-20,23-25,27-29H,5-10,13,15,34H2,1-4H3,(H,37,40);1-2H3;1H3/t17-,19-,20?,23-,24+,25+,27+,28?,29?;;/m1../s1. The predicted octanol–water partition coefficient (Wildman–Crippen LogP) is 6.03. The number of ether oxygens (including phenoxy) is 4. The van der Waals surface area contributed by atoms with Gasteiger partial charge < -0.3 is 34.9 Å². The number of nitrogens with two attached hydrogens (primary N) is 1. The molecule has 268 valence electrons. The molecule has 13 heteroatoms. The highest BCUT2D eigenvalue weighted by Gasteiger charge is 2.57. The summed E-state index contributed by atoms with van der Waals surface area (Å²) in [5, 5.41) is 2.85. The van der Waals surface area contributed by atoms with E-state index in [4.69, 9.17) is 34.6 Å². The van der Waals surface area contributed by atoms with Gasteiger partial charge in [-0.25, -0.2) is 19.2 Å². The number of halogens is 2. The SMILES string of the molecule is CC.CCC[C@@H]1[C@@H]2CN(C(=O)[C@H](C(C)C)NC(=O)O[C@@H]3C[C@H]3CCCCC(F)c3nc4ccc(OC)cc4nc3O2)[C@@H]1C1OC1N.CF. The molecular weight excluding hydrogens is 624 g/mol. The van der Waals surface area contributed by atoms with Gasteiger partial charge in [0.05, 0.1) is 37.9 Å². The van der Waals surface area contributed by atoms with Crippen LogP contribution in [0.3, 0.4) is 0 Å². The number of alkyl halides is 2. The fraction of sp³-hybridized carbons (Fsp3) is 0.714. The van der Waals surface area contributed by atoms with Gasteiger partial charge in [-0.2, -0.15) is 0 Å². The average Bonchev–Trinajstić information content (AvgIpc) is 3.98. The van der Waals surface area contributed by atoms with Crippen molar-refractivity contribution in [2.24, 2.45) is 23.5 Å². The second kappa shape index (κ2) is 16.9. The summed E-state index contributed by atoms with van der Waals surface area (Å²) in [4.78, 5) is 38.3. The van der Waals surface area contributed by atoms with Gasteiger partial charge in [0, 0.05) is 12.0 Å². The van der Waals surface area contributed by atoms with E-state index in [1.807, 2.05) is 27.7 Å². The van der Waals surface area contributed by atoms with E-state index < -0.39 is 30.6 Å². The first-order valence-corrected chi connectivity index (χ1v) is 17.4. The highest BCUT2D eigenvalue weighted by Crippen LogP contribution is 2.42. The zero-order chi connectivity index (χ0) is 35.1. The van der Waals surface area contributed by atoms with Crippen LogP contribution in [0, 0.1) is 17.8 Å². The number of hydrogen-bond acceptors (Lipinski definition) is 9. The van der Waals surface area contributed by atoms with Crippen molar-refractivity contribution in [1.29, 1.82) is 0 Å². The van der Waals surface area contributed by atoms with Crippen LogP contribution in [0.5, 0.6) is 11.6 Å². The molecule has 3 fully saturated rings. The lowest BCUT2D eigenvalue weighted by Crippen LogP contribution is -2.54. The second-order valence-electron chi connectivity index (χ2n) is 13.0. The maximum absolute atomic E-state index is 16.0. The van der Waals surface area contributed by atoms with Crippen LogP contribution >= 0.6 is 0 Å². The van der Waals surface area contributed by atoms with Gasteiger partial charge in [0.15, 0.2) is 0 Å². The number of nitrogens with one attached hydrogen (secondary N) is 1. The van der Waals surface area contributed by atoms with E-state index >= 15 is 4.39 Å². The lowest BCUT2D eigenvalue weighted by Gasteiger charge is -2.31. The van der Waals surface area contributed by atoms with Crippen LogP contribution in [0.15, 0.2) is 18.2 Å². The maximum Gasteiger partial charge on any atom is 0.408 e. The number of methoxy groups -OCH3 is 1. The molecule has 2 saturated heterocycles. The quantitative estimate of drug-likeness (QED) is 0.363. The predicted molar refractivity (Wildman–Crippen MR) is 178 cm³/mol. The summed E-state index contributed by atoms with van der Waals surface area (Å²) in [7, 11) is 2.07. The van der Waals surface area contributed by atoms with Gasteiger partial charge in [-0.1, -0.05) is 53.9 Å². The molecule has 3 unspecified atom stereocenters. The van der Waals surface area contributed by atoms with E-state index in [0.717, 1.165) is 32.1 Å². The molecule has 0 spiro atoms. The van der Waals surface area contributed by atoms with Crippen LogP contribution in [-0.4, -0.2) is 84.3 Å². The molecule has 48 heavy (non-hydrogen) atoms. The molecule has 2 aromatic rings. The van der Waals surface area contributed by atoms with Gasteiger partial charge in [0.2, 0.25) is 11.8 Å². The zero-order valence-corrected chi connectivity index (χ0v) is 29.3. The van der Waals surface area contributed by atoms with Crippen LogP contribution in [-0.2, 0) is 14.3 Å². The zero-order valence-electron chi connectivity index (χ0n) is 29.3. The summed E-state index contributed by atoms with van der Waals surface area (Å²) in [5.74, 6) is 0.369. The molecule has 3 aliphatic heterocycles. The van der Waals surface area contributed by atoms with E-state index in [9.17, 15) is 14.0 Å². The van der Waals surface area contributed by atoms with Crippen LogP contribution < -0.4 is 20.5 Å². The molecule has 2 amide bonds. The Balaban J connectivity index is 0.00000125. The molecule has 11 nitrogen and oxygen atoms in total. The Labute approximate surface area is 282 Å². The number of rotatable bonds is 5. The first-order valence-electron chi connectivity index (χ1n) is 17.4. The third-order valence-electron chi connectivity index (χ3n) is 9.48. The number of benzene rings is 1. The Bertz CT molecular complexity index is 1380. The van der Waals surface area contributed by atoms with Crippen LogP contribution in [0.1, 0.15) is 91.4 Å². The van der Waals surface area contributed by atoms with E-state index in [1.165, 1.54) is 0 Å². The minimum atomic E-state index is -1.38. The summed E-state index contributed by atoms with van der Waals surface area (Å²) in [6, 6.07) is 4.11. The number of aromatic nitrogens is 2. The van der Waals surface area contributed by atoms with Crippen molar-refractivity contribution in [2.45, 2.75) is 122 Å².